The van der Waals surface area contributed by atoms with E-state index in [1.807, 2.05) is 6.07 Å². The van der Waals surface area contributed by atoms with Gasteiger partial charge in [0.1, 0.15) is 6.17 Å². The van der Waals surface area contributed by atoms with Crippen molar-refractivity contribution >= 4 is 52.5 Å². The summed E-state index contributed by atoms with van der Waals surface area (Å²) in [4.78, 5) is 12.1. The number of carbonyl (C=O) groups is 1. The summed E-state index contributed by atoms with van der Waals surface area (Å²) in [6, 6.07) is 13.4. The molecule has 9 heteroatoms. The molecule has 2 N–H and O–H groups in total. The van der Waals surface area contributed by atoms with Crippen LogP contribution in [0.25, 0.3) is 6.08 Å². The average Bonchev–Trinajstić information content (AvgIpc) is 2.59. The number of benzene rings is 2. The molecule has 2 aromatic carbocycles. The first-order chi connectivity index (χ1) is 12.6. The molecule has 0 aromatic heterocycles. The molecule has 0 saturated carbocycles. The van der Waals surface area contributed by atoms with Gasteiger partial charge in [0.2, 0.25) is 9.70 Å². The van der Waals surface area contributed by atoms with Gasteiger partial charge in [-0.15, -0.1) is 0 Å². The van der Waals surface area contributed by atoms with Crippen LogP contribution >= 0.6 is 34.8 Å². The molecule has 0 aliphatic rings. The first kappa shape index (κ1) is 21.4. The molecule has 1 atom stereocenters. The minimum absolute atomic E-state index is 0.0356. The number of nitrogens with one attached hydrogen (secondary N) is 2. The van der Waals surface area contributed by atoms with Gasteiger partial charge in [-0.3, -0.25) is 4.79 Å². The van der Waals surface area contributed by atoms with Crippen LogP contribution in [0.3, 0.4) is 0 Å². The molecule has 0 bridgehead atoms. The van der Waals surface area contributed by atoms with Crippen LogP contribution in [-0.4, -0.2) is 15.9 Å². The van der Waals surface area contributed by atoms with E-state index >= 15 is 0 Å². The van der Waals surface area contributed by atoms with Crippen molar-refractivity contribution in [1.29, 1.82) is 0 Å². The monoisotopic (exact) mass is 436 g/mol. The minimum Gasteiger partial charge on any atom is -0.362 e. The number of halogens is 6. The molecule has 2 rings (SSSR count). The Morgan fingerprint density at radius 2 is 1.67 bits per heavy atom. The summed E-state index contributed by atoms with van der Waals surface area (Å²) in [5.74, 6) is -0.588. The number of anilines is 1. The highest BCUT2D eigenvalue weighted by Gasteiger charge is 2.35. The highest BCUT2D eigenvalue weighted by atomic mass is 35.6. The van der Waals surface area contributed by atoms with Gasteiger partial charge in [-0.05, 0) is 29.8 Å². The van der Waals surface area contributed by atoms with E-state index in [0.29, 0.717) is 0 Å². The van der Waals surface area contributed by atoms with E-state index in [0.717, 1.165) is 17.7 Å². The Kier molecular flexibility index (Phi) is 7.03. The molecular formula is C18H14Cl3F3N2O. The minimum atomic E-state index is -4.52. The molecule has 0 unspecified atom stereocenters. The zero-order chi connectivity index (χ0) is 20.1. The third kappa shape index (κ3) is 6.97. The van der Waals surface area contributed by atoms with E-state index in [2.05, 4.69) is 10.6 Å². The third-order valence-corrected chi connectivity index (χ3v) is 4.00. The topological polar surface area (TPSA) is 41.1 Å². The zero-order valence-electron chi connectivity index (χ0n) is 13.6. The lowest BCUT2D eigenvalue weighted by atomic mass is 10.2. The zero-order valence-corrected chi connectivity index (χ0v) is 15.9. The van der Waals surface area contributed by atoms with Gasteiger partial charge >= 0.3 is 6.18 Å². The molecule has 144 valence electrons. The van der Waals surface area contributed by atoms with Crippen LogP contribution in [0.2, 0.25) is 0 Å². The summed E-state index contributed by atoms with van der Waals surface area (Å²) < 4.78 is 36.5. The number of amides is 1. The molecule has 0 aliphatic heterocycles. The molecule has 0 saturated heterocycles. The normalized spacial score (nSPS) is 13.4. The van der Waals surface area contributed by atoms with E-state index in [4.69, 9.17) is 34.8 Å². The smallest absolute Gasteiger partial charge is 0.362 e. The van der Waals surface area contributed by atoms with Gasteiger partial charge in [0.05, 0.1) is 5.56 Å². The van der Waals surface area contributed by atoms with Crippen LogP contribution in [0.1, 0.15) is 11.1 Å². The van der Waals surface area contributed by atoms with Gasteiger partial charge in [-0.1, -0.05) is 71.2 Å². The van der Waals surface area contributed by atoms with Crippen molar-refractivity contribution in [2.75, 3.05) is 5.32 Å². The second kappa shape index (κ2) is 8.87. The Hall–Kier alpha value is -1.89. The predicted molar refractivity (Wildman–Crippen MR) is 103 cm³/mol. The molecule has 0 spiro atoms. The SMILES string of the molecule is O=C(/C=C\c1ccccc1)N[C@@H](Nc1cccc(C(F)(F)F)c1)C(Cl)(Cl)Cl. The number of rotatable bonds is 5. The van der Waals surface area contributed by atoms with Crippen molar-refractivity contribution in [3.8, 4) is 0 Å². The number of carbonyl (C=O) groups excluding carboxylic acids is 1. The van der Waals surface area contributed by atoms with Crippen LogP contribution in [0, 0.1) is 0 Å². The van der Waals surface area contributed by atoms with E-state index in [9.17, 15) is 18.0 Å². The van der Waals surface area contributed by atoms with Gasteiger partial charge in [-0.2, -0.15) is 13.2 Å². The lowest BCUT2D eigenvalue weighted by molar-refractivity contribution is -0.137. The number of hydrogen-bond donors (Lipinski definition) is 2. The predicted octanol–water partition coefficient (Wildman–Crippen LogP) is 5.64. The first-order valence-electron chi connectivity index (χ1n) is 7.60. The Morgan fingerprint density at radius 3 is 2.26 bits per heavy atom. The van der Waals surface area contributed by atoms with Crippen molar-refractivity contribution in [3.63, 3.8) is 0 Å². The Bertz CT molecular complexity index is 805. The number of hydrogen-bond acceptors (Lipinski definition) is 2. The van der Waals surface area contributed by atoms with Crippen molar-refractivity contribution in [2.24, 2.45) is 0 Å². The van der Waals surface area contributed by atoms with Crippen LogP contribution < -0.4 is 10.6 Å². The largest absolute Gasteiger partial charge is 0.416 e. The fourth-order valence-corrected chi connectivity index (χ4v) is 2.41. The van der Waals surface area contributed by atoms with E-state index in [-0.39, 0.29) is 5.69 Å². The molecule has 0 aliphatic carbocycles. The van der Waals surface area contributed by atoms with Gasteiger partial charge in [0.25, 0.3) is 0 Å². The molecule has 3 nitrogen and oxygen atoms in total. The summed E-state index contributed by atoms with van der Waals surface area (Å²) in [7, 11) is 0. The van der Waals surface area contributed by atoms with Crippen molar-refractivity contribution in [2.45, 2.75) is 16.1 Å². The molecule has 27 heavy (non-hydrogen) atoms. The van der Waals surface area contributed by atoms with Gasteiger partial charge in [0.15, 0.2) is 0 Å². The summed E-state index contributed by atoms with van der Waals surface area (Å²) in [5.41, 5.74) is -0.0525. The van der Waals surface area contributed by atoms with Crippen LogP contribution in [0.4, 0.5) is 18.9 Å². The maximum Gasteiger partial charge on any atom is 0.416 e. The van der Waals surface area contributed by atoms with Crippen LogP contribution in [0.15, 0.2) is 60.7 Å². The lowest BCUT2D eigenvalue weighted by Crippen LogP contribution is -2.48. The second-order valence-electron chi connectivity index (χ2n) is 5.45. The molecule has 0 radical (unpaired) electrons. The fraction of sp³-hybridized carbons (Fsp3) is 0.167. The molecular weight excluding hydrogens is 424 g/mol. The maximum atomic E-state index is 12.8. The Morgan fingerprint density at radius 1 is 1.00 bits per heavy atom. The molecule has 0 fully saturated rings. The molecule has 1 amide bonds. The van der Waals surface area contributed by atoms with Gasteiger partial charge < -0.3 is 10.6 Å². The van der Waals surface area contributed by atoms with Crippen LogP contribution in [-0.2, 0) is 11.0 Å². The van der Waals surface area contributed by atoms with Crippen molar-refractivity contribution < 1.29 is 18.0 Å². The first-order valence-corrected chi connectivity index (χ1v) is 8.73. The average molecular weight is 438 g/mol. The molecule has 2 aromatic rings. The van der Waals surface area contributed by atoms with E-state index < -0.39 is 27.6 Å². The van der Waals surface area contributed by atoms with Crippen LogP contribution in [0.5, 0.6) is 0 Å². The summed E-state index contributed by atoms with van der Waals surface area (Å²) in [6.07, 6.45) is -3.00. The third-order valence-electron chi connectivity index (χ3n) is 3.34. The van der Waals surface area contributed by atoms with Gasteiger partial charge in [0, 0.05) is 11.8 Å². The van der Waals surface area contributed by atoms with E-state index in [1.165, 1.54) is 18.2 Å². The second-order valence-corrected chi connectivity index (χ2v) is 7.82. The van der Waals surface area contributed by atoms with Gasteiger partial charge in [-0.25, -0.2) is 0 Å². The highest BCUT2D eigenvalue weighted by Crippen LogP contribution is 2.33. The Balaban J connectivity index is 2.12. The Labute approximate surface area is 169 Å². The molecule has 0 heterocycles. The summed E-state index contributed by atoms with van der Waals surface area (Å²) in [6.45, 7) is 0. The lowest BCUT2D eigenvalue weighted by Gasteiger charge is -2.27. The van der Waals surface area contributed by atoms with E-state index in [1.54, 1.807) is 30.3 Å². The maximum absolute atomic E-state index is 12.8. The highest BCUT2D eigenvalue weighted by molar-refractivity contribution is 6.68. The fourth-order valence-electron chi connectivity index (χ4n) is 2.08. The quantitative estimate of drug-likeness (QED) is 0.361. The van der Waals surface area contributed by atoms with Crippen molar-refractivity contribution in [3.05, 3.63) is 71.8 Å². The summed E-state index contributed by atoms with van der Waals surface area (Å²) >= 11 is 17.5. The standard InChI is InChI=1S/C18H14Cl3F3N2O/c19-17(20,21)16(25-14-8-4-7-13(11-14)18(22,23)24)26-15(27)10-9-12-5-2-1-3-6-12/h1-11,16,25H,(H,26,27)/b10-9-/t16-/m1/s1. The number of alkyl halides is 6. The van der Waals surface area contributed by atoms with Crippen molar-refractivity contribution in [1.82, 2.24) is 5.32 Å². The summed E-state index contributed by atoms with van der Waals surface area (Å²) in [5, 5.41) is 5.02.